The molecule has 184 valence electrons. The summed E-state index contributed by atoms with van der Waals surface area (Å²) < 4.78 is 4.69. The summed E-state index contributed by atoms with van der Waals surface area (Å²) in [6.07, 6.45) is 6.70. The number of likely N-dealkylation sites (tertiary alicyclic amines) is 1. The van der Waals surface area contributed by atoms with E-state index >= 15 is 0 Å². The number of anilines is 2. The average Bonchev–Trinajstić information content (AvgIpc) is 3.36. The molecule has 0 radical (unpaired) electrons. The number of hydrogen-bond donors (Lipinski definition) is 4. The van der Waals surface area contributed by atoms with Gasteiger partial charge in [-0.15, -0.1) is 5.23 Å². The van der Waals surface area contributed by atoms with E-state index in [4.69, 9.17) is 4.63 Å². The molecule has 34 heavy (non-hydrogen) atoms. The maximum atomic E-state index is 12.9. The third-order valence-corrected chi connectivity index (χ3v) is 6.60. The first kappa shape index (κ1) is 23.9. The number of ketones is 1. The molecule has 1 atom stereocenters. The summed E-state index contributed by atoms with van der Waals surface area (Å²) in [5, 5.41) is 31.8. The van der Waals surface area contributed by atoms with Crippen molar-refractivity contribution in [1.29, 1.82) is 0 Å². The summed E-state index contributed by atoms with van der Waals surface area (Å²) in [4.78, 5) is 40.0. The molecule has 2 heterocycles. The van der Waals surface area contributed by atoms with Gasteiger partial charge in [-0.3, -0.25) is 24.8 Å². The van der Waals surface area contributed by atoms with E-state index in [9.17, 15) is 24.8 Å². The Morgan fingerprint density at radius 3 is 2.50 bits per heavy atom. The van der Waals surface area contributed by atoms with E-state index in [1.165, 1.54) is 11.0 Å². The smallest absolute Gasteiger partial charge is 0.290 e. The molecule has 0 spiro atoms. The van der Waals surface area contributed by atoms with Crippen LogP contribution in [-0.4, -0.2) is 68.9 Å². The fraction of sp³-hybridized carbons (Fsp3) is 0.591. The third-order valence-electron chi connectivity index (χ3n) is 6.60. The van der Waals surface area contributed by atoms with Gasteiger partial charge >= 0.3 is 0 Å². The standard InChI is InChI=1S/C22H30N6O6/c29-20(14-6-2-1-3-7-14)22(31)27-13-5-4-8-17(27)21(30)24-12-11-23-15-9-10-16(28(32)33)19-18(15)25-34-26-19/h9-10,14,17,23,32-33H,1-8,11-13H2,(H,24,30). The number of amides is 2. The quantitative estimate of drug-likeness (QED) is 0.252. The van der Waals surface area contributed by atoms with Crippen LogP contribution in [0.1, 0.15) is 51.4 Å². The molecule has 4 rings (SSSR count). The Morgan fingerprint density at radius 1 is 1.00 bits per heavy atom. The Bertz CT molecular complexity index is 1030. The van der Waals surface area contributed by atoms with Crippen molar-refractivity contribution in [2.24, 2.45) is 5.92 Å². The number of carbonyl (C=O) groups excluding carboxylic acids is 3. The Kier molecular flexibility index (Phi) is 7.58. The van der Waals surface area contributed by atoms with E-state index in [0.29, 0.717) is 30.7 Å². The molecule has 1 aliphatic heterocycles. The lowest BCUT2D eigenvalue weighted by molar-refractivity contribution is -0.152. The van der Waals surface area contributed by atoms with Crippen LogP contribution in [0.5, 0.6) is 0 Å². The van der Waals surface area contributed by atoms with Gasteiger partial charge in [-0.05, 0) is 54.6 Å². The van der Waals surface area contributed by atoms with Crippen LogP contribution in [0, 0.1) is 5.92 Å². The van der Waals surface area contributed by atoms with Gasteiger partial charge in [-0.1, -0.05) is 19.3 Å². The van der Waals surface area contributed by atoms with Crippen molar-refractivity contribution in [2.75, 3.05) is 30.2 Å². The molecule has 2 aromatic rings. The Hall–Kier alpha value is -3.25. The summed E-state index contributed by atoms with van der Waals surface area (Å²) in [6, 6.07) is 2.38. The first-order chi connectivity index (χ1) is 16.5. The van der Waals surface area contributed by atoms with Gasteiger partial charge in [0.25, 0.3) is 5.91 Å². The predicted molar refractivity (Wildman–Crippen MR) is 120 cm³/mol. The van der Waals surface area contributed by atoms with Crippen LogP contribution in [-0.2, 0) is 14.4 Å². The lowest BCUT2D eigenvalue weighted by Gasteiger charge is -2.35. The summed E-state index contributed by atoms with van der Waals surface area (Å²) in [6.45, 7) is 1.04. The van der Waals surface area contributed by atoms with Crippen molar-refractivity contribution in [3.63, 3.8) is 0 Å². The number of benzene rings is 1. The molecule has 4 N–H and O–H groups in total. The molecule has 1 unspecified atom stereocenters. The molecule has 1 saturated heterocycles. The van der Waals surface area contributed by atoms with Gasteiger partial charge in [0.2, 0.25) is 11.7 Å². The average molecular weight is 475 g/mol. The van der Waals surface area contributed by atoms with E-state index in [1.54, 1.807) is 6.07 Å². The lowest BCUT2D eigenvalue weighted by atomic mass is 9.85. The molecule has 1 aromatic heterocycles. The number of hydrogen-bond acceptors (Lipinski definition) is 10. The van der Waals surface area contributed by atoms with Crippen molar-refractivity contribution >= 4 is 40.0 Å². The van der Waals surface area contributed by atoms with Crippen molar-refractivity contribution in [3.8, 4) is 0 Å². The molecule has 2 fully saturated rings. The molecule has 1 aliphatic carbocycles. The second-order valence-electron chi connectivity index (χ2n) is 8.81. The van der Waals surface area contributed by atoms with Crippen molar-refractivity contribution in [2.45, 2.75) is 57.4 Å². The maximum absolute atomic E-state index is 12.9. The van der Waals surface area contributed by atoms with E-state index in [0.717, 1.165) is 44.9 Å². The zero-order chi connectivity index (χ0) is 24.1. The third kappa shape index (κ3) is 5.12. The van der Waals surface area contributed by atoms with Crippen molar-refractivity contribution in [1.82, 2.24) is 20.5 Å². The summed E-state index contributed by atoms with van der Waals surface area (Å²) in [5.74, 6) is -1.35. The van der Waals surface area contributed by atoms with Gasteiger partial charge in [0, 0.05) is 25.6 Å². The molecular formula is C22H30N6O6. The zero-order valence-electron chi connectivity index (χ0n) is 18.9. The van der Waals surface area contributed by atoms with Crippen LogP contribution in [0.2, 0.25) is 0 Å². The number of carbonyl (C=O) groups is 3. The predicted octanol–water partition coefficient (Wildman–Crippen LogP) is 1.87. The highest BCUT2D eigenvalue weighted by Crippen LogP contribution is 2.29. The van der Waals surface area contributed by atoms with Crippen LogP contribution in [0.15, 0.2) is 16.8 Å². The second kappa shape index (κ2) is 10.8. The normalized spacial score (nSPS) is 19.1. The molecule has 2 aliphatic rings. The molecule has 0 bridgehead atoms. The summed E-state index contributed by atoms with van der Waals surface area (Å²) in [7, 11) is 0. The van der Waals surface area contributed by atoms with E-state index < -0.39 is 11.9 Å². The molecule has 1 saturated carbocycles. The van der Waals surface area contributed by atoms with Crippen LogP contribution in [0.25, 0.3) is 11.0 Å². The highest BCUT2D eigenvalue weighted by molar-refractivity contribution is 6.37. The minimum atomic E-state index is -0.639. The fourth-order valence-corrected chi connectivity index (χ4v) is 4.79. The minimum Gasteiger partial charge on any atom is -0.381 e. The van der Waals surface area contributed by atoms with Gasteiger partial charge in [0.1, 0.15) is 11.7 Å². The molecular weight excluding hydrogens is 444 g/mol. The van der Waals surface area contributed by atoms with E-state index in [1.807, 2.05) is 0 Å². The monoisotopic (exact) mass is 474 g/mol. The first-order valence-corrected chi connectivity index (χ1v) is 11.8. The highest BCUT2D eigenvalue weighted by Gasteiger charge is 2.37. The molecule has 2 amide bonds. The Labute approximate surface area is 196 Å². The van der Waals surface area contributed by atoms with Gasteiger partial charge < -0.3 is 15.5 Å². The van der Waals surface area contributed by atoms with Crippen LogP contribution in [0.3, 0.4) is 0 Å². The number of fused-ring (bicyclic) bond motifs is 1. The molecule has 12 nitrogen and oxygen atoms in total. The summed E-state index contributed by atoms with van der Waals surface area (Å²) >= 11 is 0. The topological polar surface area (TPSA) is 161 Å². The molecule has 12 heteroatoms. The van der Waals surface area contributed by atoms with Crippen LogP contribution >= 0.6 is 0 Å². The second-order valence-corrected chi connectivity index (χ2v) is 8.81. The van der Waals surface area contributed by atoms with Crippen LogP contribution < -0.4 is 15.9 Å². The van der Waals surface area contributed by atoms with Crippen LogP contribution in [0.4, 0.5) is 11.4 Å². The number of rotatable bonds is 8. The number of Topliss-reactive ketones (excluding diaryl/α,β-unsaturated/α-hetero) is 1. The van der Waals surface area contributed by atoms with Gasteiger partial charge in [-0.2, -0.15) is 0 Å². The molecule has 1 aromatic carbocycles. The van der Waals surface area contributed by atoms with E-state index in [-0.39, 0.29) is 40.6 Å². The van der Waals surface area contributed by atoms with E-state index in [2.05, 4.69) is 20.9 Å². The first-order valence-electron chi connectivity index (χ1n) is 11.8. The fourth-order valence-electron chi connectivity index (χ4n) is 4.79. The number of nitrogens with one attached hydrogen (secondary N) is 2. The van der Waals surface area contributed by atoms with Crippen molar-refractivity contribution < 1.29 is 29.4 Å². The largest absolute Gasteiger partial charge is 0.381 e. The maximum Gasteiger partial charge on any atom is 0.290 e. The van der Waals surface area contributed by atoms with Gasteiger partial charge in [-0.25, -0.2) is 4.63 Å². The number of aromatic nitrogens is 2. The SMILES string of the molecule is O=C(C(=O)N1CCCCC1C(=O)NCCNc1ccc(N(O)O)c2nonc12)C1CCCCC1. The summed E-state index contributed by atoms with van der Waals surface area (Å²) in [5.41, 5.74) is 1.03. The number of nitrogens with zero attached hydrogens (tertiary/aromatic N) is 4. The Balaban J connectivity index is 1.31. The van der Waals surface area contributed by atoms with Gasteiger partial charge in [0.05, 0.1) is 5.69 Å². The Morgan fingerprint density at radius 2 is 1.74 bits per heavy atom. The lowest BCUT2D eigenvalue weighted by Crippen LogP contribution is -2.55. The minimum absolute atomic E-state index is 0.0138. The van der Waals surface area contributed by atoms with Gasteiger partial charge in [0.15, 0.2) is 11.0 Å². The number of piperidine rings is 1. The zero-order valence-corrected chi connectivity index (χ0v) is 18.9. The van der Waals surface area contributed by atoms with Crippen molar-refractivity contribution in [3.05, 3.63) is 12.1 Å². The highest BCUT2D eigenvalue weighted by atomic mass is 16.8.